The molecule has 3 aromatic carbocycles. The number of Topliss-reactive ketones (excluding diaryl/α,β-unsaturated/α-hetero) is 1. The van der Waals surface area contributed by atoms with Crippen molar-refractivity contribution in [1.82, 2.24) is 4.90 Å². The molecule has 0 aliphatic heterocycles. The largest absolute Gasteiger partial charge is 0.299 e. The monoisotopic (exact) mass is 449 g/mol. The maximum absolute atomic E-state index is 12.8. The Bertz CT molecular complexity index is 836. The van der Waals surface area contributed by atoms with E-state index in [1.165, 1.54) is 16.7 Å². The minimum Gasteiger partial charge on any atom is -0.299 e. The predicted octanol–water partition coefficient (Wildman–Crippen LogP) is 6.29. The summed E-state index contributed by atoms with van der Waals surface area (Å²) in [5.41, 5.74) is 3.76. The zero-order chi connectivity index (χ0) is 20.5. The molecule has 0 amide bonds. The number of nitrogens with zero attached hydrogens (tertiary/aromatic N) is 1. The fourth-order valence-corrected chi connectivity index (χ4v) is 3.79. The predicted molar refractivity (Wildman–Crippen MR) is 124 cm³/mol. The maximum atomic E-state index is 12.8. The lowest BCUT2D eigenvalue weighted by Crippen LogP contribution is -2.31. The van der Waals surface area contributed by atoms with Crippen LogP contribution in [0.25, 0.3) is 0 Å². The van der Waals surface area contributed by atoms with Gasteiger partial charge in [0.2, 0.25) is 0 Å². The lowest BCUT2D eigenvalue weighted by molar-refractivity contribution is -0.123. The van der Waals surface area contributed by atoms with E-state index in [1.54, 1.807) is 0 Å². The normalized spacial score (nSPS) is 12.1. The molecule has 0 spiro atoms. The van der Waals surface area contributed by atoms with Crippen LogP contribution in [0.4, 0.5) is 0 Å². The van der Waals surface area contributed by atoms with Crippen molar-refractivity contribution in [1.29, 1.82) is 0 Å². The summed E-state index contributed by atoms with van der Waals surface area (Å²) in [6.07, 6.45) is 1.39. The summed E-state index contributed by atoms with van der Waals surface area (Å²) in [5.74, 6) is 0.344. The van der Waals surface area contributed by atoms with Crippen LogP contribution >= 0.6 is 15.9 Å². The molecular weight excluding hydrogens is 422 g/mol. The summed E-state index contributed by atoms with van der Waals surface area (Å²) in [4.78, 5) is 15.2. The highest BCUT2D eigenvalue weighted by Crippen LogP contribution is 2.16. The standard InChI is InChI=1S/C26H28BrNO/c1-21(26(29)17-14-22-12-15-25(27)16-13-22)18-28(19-23-8-4-2-5-9-23)20-24-10-6-3-7-11-24/h2-13,15-16,21H,14,17-20H2,1H3/t21-/m1/s1. The summed E-state index contributed by atoms with van der Waals surface area (Å²) in [6, 6.07) is 29.2. The van der Waals surface area contributed by atoms with E-state index in [1.807, 2.05) is 24.3 Å². The average molecular weight is 450 g/mol. The van der Waals surface area contributed by atoms with Gasteiger partial charge in [0, 0.05) is 36.4 Å². The Balaban J connectivity index is 1.60. The van der Waals surface area contributed by atoms with Crippen LogP contribution in [0.15, 0.2) is 89.4 Å². The number of ketones is 1. The van der Waals surface area contributed by atoms with Gasteiger partial charge in [-0.2, -0.15) is 0 Å². The van der Waals surface area contributed by atoms with Crippen LogP contribution in [0, 0.1) is 5.92 Å². The van der Waals surface area contributed by atoms with E-state index < -0.39 is 0 Å². The minimum absolute atomic E-state index is 0.0119. The van der Waals surface area contributed by atoms with Gasteiger partial charge in [-0.25, -0.2) is 0 Å². The second-order valence-electron chi connectivity index (χ2n) is 7.63. The van der Waals surface area contributed by atoms with E-state index in [4.69, 9.17) is 0 Å². The number of aryl methyl sites for hydroxylation is 1. The second kappa shape index (κ2) is 11.1. The number of carbonyl (C=O) groups is 1. The summed E-state index contributed by atoms with van der Waals surface area (Å²) < 4.78 is 1.07. The number of rotatable bonds is 10. The van der Waals surface area contributed by atoms with Gasteiger partial charge in [-0.15, -0.1) is 0 Å². The van der Waals surface area contributed by atoms with Crippen LogP contribution in [0.5, 0.6) is 0 Å². The van der Waals surface area contributed by atoms with Crippen LogP contribution in [-0.2, 0) is 24.3 Å². The van der Waals surface area contributed by atoms with Crippen LogP contribution in [0.1, 0.15) is 30.0 Å². The lowest BCUT2D eigenvalue weighted by atomic mass is 9.98. The summed E-state index contributed by atoms with van der Waals surface area (Å²) >= 11 is 3.46. The van der Waals surface area contributed by atoms with Gasteiger partial charge >= 0.3 is 0 Å². The smallest absolute Gasteiger partial charge is 0.137 e. The summed E-state index contributed by atoms with van der Waals surface area (Å²) in [6.45, 7) is 4.52. The highest BCUT2D eigenvalue weighted by atomic mass is 79.9. The van der Waals surface area contributed by atoms with Gasteiger partial charge in [0.15, 0.2) is 0 Å². The average Bonchev–Trinajstić information content (AvgIpc) is 2.74. The van der Waals surface area contributed by atoms with Gasteiger partial charge in [0.05, 0.1) is 0 Å². The van der Waals surface area contributed by atoms with Gasteiger partial charge in [-0.05, 0) is 35.2 Å². The highest BCUT2D eigenvalue weighted by molar-refractivity contribution is 9.10. The van der Waals surface area contributed by atoms with E-state index in [2.05, 4.69) is 88.4 Å². The molecule has 0 heterocycles. The Labute approximate surface area is 182 Å². The van der Waals surface area contributed by atoms with Crippen molar-refractivity contribution >= 4 is 21.7 Å². The fraction of sp³-hybridized carbons (Fsp3) is 0.269. The topological polar surface area (TPSA) is 20.3 Å². The van der Waals surface area contributed by atoms with E-state index in [9.17, 15) is 4.79 Å². The first-order valence-corrected chi connectivity index (χ1v) is 11.0. The fourth-order valence-electron chi connectivity index (χ4n) is 3.52. The molecule has 1 atom stereocenters. The van der Waals surface area contributed by atoms with Gasteiger partial charge in [0.25, 0.3) is 0 Å². The third-order valence-electron chi connectivity index (χ3n) is 5.15. The van der Waals surface area contributed by atoms with E-state index >= 15 is 0 Å². The van der Waals surface area contributed by atoms with Gasteiger partial charge in [-0.1, -0.05) is 95.7 Å². The van der Waals surface area contributed by atoms with Gasteiger partial charge in [-0.3, -0.25) is 9.69 Å². The molecule has 0 aliphatic rings. The van der Waals surface area contributed by atoms with Crippen LogP contribution in [0.3, 0.4) is 0 Å². The minimum atomic E-state index is 0.0119. The van der Waals surface area contributed by atoms with E-state index in [0.29, 0.717) is 12.2 Å². The molecule has 29 heavy (non-hydrogen) atoms. The number of benzene rings is 3. The molecule has 3 aromatic rings. The van der Waals surface area contributed by atoms with Crippen LogP contribution in [0.2, 0.25) is 0 Å². The molecule has 150 valence electrons. The molecule has 0 aliphatic carbocycles. The number of hydrogen-bond donors (Lipinski definition) is 0. The van der Waals surface area contributed by atoms with Crippen molar-refractivity contribution in [2.24, 2.45) is 5.92 Å². The van der Waals surface area contributed by atoms with Gasteiger partial charge in [0.1, 0.15) is 5.78 Å². The first-order valence-electron chi connectivity index (χ1n) is 10.2. The molecule has 2 nitrogen and oxygen atoms in total. The molecule has 0 fully saturated rings. The van der Waals surface area contributed by atoms with Crippen LogP contribution in [-0.4, -0.2) is 17.2 Å². The zero-order valence-corrected chi connectivity index (χ0v) is 18.5. The quantitative estimate of drug-likeness (QED) is 0.362. The molecule has 0 aromatic heterocycles. The first-order chi connectivity index (χ1) is 14.1. The Hall–Kier alpha value is -2.23. The van der Waals surface area contributed by atoms with Crippen molar-refractivity contribution in [3.63, 3.8) is 0 Å². The Morgan fingerprint density at radius 1 is 0.793 bits per heavy atom. The number of halogens is 1. The van der Waals surface area contributed by atoms with Crippen molar-refractivity contribution in [3.8, 4) is 0 Å². The Kier molecular flexibility index (Phi) is 8.21. The molecule has 0 unspecified atom stereocenters. The van der Waals surface area contributed by atoms with Crippen molar-refractivity contribution in [3.05, 3.63) is 106 Å². The molecule has 0 radical (unpaired) electrons. The van der Waals surface area contributed by atoms with Crippen molar-refractivity contribution in [2.75, 3.05) is 6.54 Å². The number of hydrogen-bond acceptors (Lipinski definition) is 2. The van der Waals surface area contributed by atoms with Gasteiger partial charge < -0.3 is 0 Å². The molecular formula is C26H28BrNO. The van der Waals surface area contributed by atoms with Crippen molar-refractivity contribution in [2.45, 2.75) is 32.9 Å². The third-order valence-corrected chi connectivity index (χ3v) is 5.68. The number of carbonyl (C=O) groups excluding carboxylic acids is 1. The zero-order valence-electron chi connectivity index (χ0n) is 16.9. The molecule has 0 N–H and O–H groups in total. The van der Waals surface area contributed by atoms with Crippen molar-refractivity contribution < 1.29 is 4.79 Å². The SMILES string of the molecule is C[C@H](CN(Cc1ccccc1)Cc1ccccc1)C(=O)CCc1ccc(Br)cc1. The Morgan fingerprint density at radius 3 is 1.83 bits per heavy atom. The maximum Gasteiger partial charge on any atom is 0.137 e. The molecule has 0 saturated heterocycles. The lowest BCUT2D eigenvalue weighted by Gasteiger charge is -2.25. The molecule has 3 rings (SSSR count). The molecule has 0 saturated carbocycles. The summed E-state index contributed by atoms with van der Waals surface area (Å²) in [7, 11) is 0. The Morgan fingerprint density at radius 2 is 1.31 bits per heavy atom. The highest BCUT2D eigenvalue weighted by Gasteiger charge is 2.18. The second-order valence-corrected chi connectivity index (χ2v) is 8.55. The van der Waals surface area contributed by atoms with E-state index in [0.717, 1.165) is 30.5 Å². The first kappa shape index (κ1) is 21.5. The molecule has 0 bridgehead atoms. The van der Waals surface area contributed by atoms with E-state index in [-0.39, 0.29) is 5.92 Å². The third kappa shape index (κ3) is 7.26. The summed E-state index contributed by atoms with van der Waals surface area (Å²) in [5, 5.41) is 0. The molecule has 3 heteroatoms. The van der Waals surface area contributed by atoms with Crippen LogP contribution < -0.4 is 0 Å².